The molecule has 0 bridgehead atoms. The van der Waals surface area contributed by atoms with Crippen LogP contribution in [0.1, 0.15) is 29.8 Å². The first kappa shape index (κ1) is 20.8. The number of ether oxygens (including phenoxy) is 1. The molecule has 2 aromatic rings. The summed E-state index contributed by atoms with van der Waals surface area (Å²) < 4.78 is 5.02. The Balaban J connectivity index is 1.95. The lowest BCUT2D eigenvalue weighted by Crippen LogP contribution is -2.34. The predicted octanol–water partition coefficient (Wildman–Crippen LogP) is 3.04. The van der Waals surface area contributed by atoms with Crippen LogP contribution in [0.4, 0.5) is 10.5 Å². The summed E-state index contributed by atoms with van der Waals surface area (Å²) >= 11 is 0. The quantitative estimate of drug-likeness (QED) is 0.504. The van der Waals surface area contributed by atoms with Crippen molar-refractivity contribution in [1.82, 2.24) is 10.3 Å². The Morgan fingerprint density at radius 1 is 1.14 bits per heavy atom. The summed E-state index contributed by atoms with van der Waals surface area (Å²) in [6.45, 7) is 5.05. The molecule has 0 aromatic heterocycles. The SMILES string of the molecule is CCN(CC)C(=O)Nc1ccc(C(=O)N/N=C/c2ccc(O)c(OC)c2)cc1. The lowest BCUT2D eigenvalue weighted by Gasteiger charge is -2.19. The first-order chi connectivity index (χ1) is 13.5. The highest BCUT2D eigenvalue weighted by Crippen LogP contribution is 2.25. The number of hydrogen-bond donors (Lipinski definition) is 3. The van der Waals surface area contributed by atoms with Gasteiger partial charge < -0.3 is 20.1 Å². The summed E-state index contributed by atoms with van der Waals surface area (Å²) in [7, 11) is 1.45. The zero-order valence-electron chi connectivity index (χ0n) is 16.1. The van der Waals surface area contributed by atoms with Gasteiger partial charge in [0, 0.05) is 24.3 Å². The minimum absolute atomic E-state index is 0.0249. The second-order valence-corrected chi connectivity index (χ2v) is 5.81. The van der Waals surface area contributed by atoms with Gasteiger partial charge in [0.1, 0.15) is 0 Å². The summed E-state index contributed by atoms with van der Waals surface area (Å²) in [6.07, 6.45) is 1.44. The Hall–Kier alpha value is -3.55. The molecule has 3 amide bonds. The van der Waals surface area contributed by atoms with Crippen LogP contribution in [0.3, 0.4) is 0 Å². The number of carbonyl (C=O) groups is 2. The monoisotopic (exact) mass is 384 g/mol. The average molecular weight is 384 g/mol. The highest BCUT2D eigenvalue weighted by Gasteiger charge is 2.10. The van der Waals surface area contributed by atoms with E-state index < -0.39 is 0 Å². The third kappa shape index (κ3) is 5.47. The molecule has 8 nitrogen and oxygen atoms in total. The molecular weight excluding hydrogens is 360 g/mol. The normalized spacial score (nSPS) is 10.5. The zero-order valence-corrected chi connectivity index (χ0v) is 16.1. The predicted molar refractivity (Wildman–Crippen MR) is 108 cm³/mol. The van der Waals surface area contributed by atoms with Gasteiger partial charge >= 0.3 is 6.03 Å². The number of rotatable bonds is 7. The van der Waals surface area contributed by atoms with Gasteiger partial charge in [-0.15, -0.1) is 0 Å². The van der Waals surface area contributed by atoms with Gasteiger partial charge in [-0.1, -0.05) is 0 Å². The van der Waals surface area contributed by atoms with E-state index in [1.54, 1.807) is 41.3 Å². The molecule has 0 aliphatic carbocycles. The molecule has 0 atom stereocenters. The number of methoxy groups -OCH3 is 1. The lowest BCUT2D eigenvalue weighted by atomic mass is 10.2. The molecular formula is C20H24N4O4. The maximum absolute atomic E-state index is 12.2. The second-order valence-electron chi connectivity index (χ2n) is 5.81. The van der Waals surface area contributed by atoms with E-state index in [2.05, 4.69) is 15.8 Å². The van der Waals surface area contributed by atoms with Crippen LogP contribution in [0.15, 0.2) is 47.6 Å². The van der Waals surface area contributed by atoms with E-state index in [0.29, 0.717) is 35.7 Å². The van der Waals surface area contributed by atoms with E-state index >= 15 is 0 Å². The molecule has 0 aliphatic heterocycles. The number of benzene rings is 2. The Labute approximate surface area is 163 Å². The Kier molecular flexibility index (Phi) is 7.38. The molecule has 0 heterocycles. The van der Waals surface area contributed by atoms with Crippen LogP contribution < -0.4 is 15.5 Å². The van der Waals surface area contributed by atoms with E-state index in [1.807, 2.05) is 13.8 Å². The molecule has 0 saturated heterocycles. The summed E-state index contributed by atoms with van der Waals surface area (Å²) in [4.78, 5) is 25.8. The van der Waals surface area contributed by atoms with Crippen LogP contribution in [-0.4, -0.2) is 48.4 Å². The number of phenols is 1. The smallest absolute Gasteiger partial charge is 0.321 e. The summed E-state index contributed by atoms with van der Waals surface area (Å²) in [5.41, 5.74) is 4.09. The van der Waals surface area contributed by atoms with E-state index in [-0.39, 0.29) is 17.7 Å². The van der Waals surface area contributed by atoms with Gasteiger partial charge in [0.25, 0.3) is 5.91 Å². The molecule has 0 unspecified atom stereocenters. The highest BCUT2D eigenvalue weighted by atomic mass is 16.5. The fraction of sp³-hybridized carbons (Fsp3) is 0.250. The number of amides is 3. The molecule has 3 N–H and O–H groups in total. The Morgan fingerprint density at radius 3 is 2.43 bits per heavy atom. The van der Waals surface area contributed by atoms with Crippen LogP contribution >= 0.6 is 0 Å². The number of anilines is 1. The number of nitrogens with one attached hydrogen (secondary N) is 2. The van der Waals surface area contributed by atoms with Gasteiger partial charge in [-0.25, -0.2) is 10.2 Å². The van der Waals surface area contributed by atoms with Crippen molar-refractivity contribution in [2.75, 3.05) is 25.5 Å². The van der Waals surface area contributed by atoms with Crippen LogP contribution in [0, 0.1) is 0 Å². The molecule has 2 aromatic carbocycles. The minimum Gasteiger partial charge on any atom is -0.504 e. The Morgan fingerprint density at radius 2 is 1.82 bits per heavy atom. The molecule has 2 rings (SSSR count). The number of hydrazone groups is 1. The number of hydrogen-bond acceptors (Lipinski definition) is 5. The van der Waals surface area contributed by atoms with Gasteiger partial charge in [0.05, 0.1) is 13.3 Å². The van der Waals surface area contributed by atoms with Crippen molar-refractivity contribution < 1.29 is 19.4 Å². The van der Waals surface area contributed by atoms with Gasteiger partial charge in [-0.05, 0) is 61.9 Å². The van der Waals surface area contributed by atoms with Crippen molar-refractivity contribution >= 4 is 23.8 Å². The highest BCUT2D eigenvalue weighted by molar-refractivity contribution is 5.96. The second kappa shape index (κ2) is 9.96. The molecule has 0 saturated carbocycles. The molecule has 0 fully saturated rings. The lowest BCUT2D eigenvalue weighted by molar-refractivity contribution is 0.0955. The maximum atomic E-state index is 12.2. The van der Waals surface area contributed by atoms with Crippen molar-refractivity contribution in [3.8, 4) is 11.5 Å². The number of aromatic hydroxyl groups is 1. The number of nitrogens with zero attached hydrogens (tertiary/aromatic N) is 2. The summed E-state index contributed by atoms with van der Waals surface area (Å²) in [6, 6.07) is 11.1. The largest absolute Gasteiger partial charge is 0.504 e. The first-order valence-electron chi connectivity index (χ1n) is 8.84. The van der Waals surface area contributed by atoms with Gasteiger partial charge in [-0.2, -0.15) is 5.10 Å². The van der Waals surface area contributed by atoms with Crippen molar-refractivity contribution in [3.63, 3.8) is 0 Å². The van der Waals surface area contributed by atoms with Crippen molar-refractivity contribution in [2.45, 2.75) is 13.8 Å². The minimum atomic E-state index is -0.386. The standard InChI is InChI=1S/C20H24N4O4/c1-4-24(5-2)20(27)22-16-9-7-15(8-10-16)19(26)23-21-13-14-6-11-17(25)18(12-14)28-3/h6-13,25H,4-5H2,1-3H3,(H,22,27)(H,23,26)/b21-13+. The molecule has 28 heavy (non-hydrogen) atoms. The number of phenolic OH excluding ortho intramolecular Hbond substituents is 1. The molecule has 8 heteroatoms. The summed E-state index contributed by atoms with van der Waals surface area (Å²) in [5.74, 6) is -0.0434. The van der Waals surface area contributed by atoms with Crippen molar-refractivity contribution in [1.29, 1.82) is 0 Å². The maximum Gasteiger partial charge on any atom is 0.321 e. The molecule has 0 spiro atoms. The zero-order chi connectivity index (χ0) is 20.5. The van der Waals surface area contributed by atoms with E-state index in [0.717, 1.165) is 0 Å². The third-order valence-electron chi connectivity index (χ3n) is 4.03. The van der Waals surface area contributed by atoms with Gasteiger partial charge in [0.15, 0.2) is 11.5 Å². The van der Waals surface area contributed by atoms with Crippen LogP contribution in [0.2, 0.25) is 0 Å². The first-order valence-corrected chi connectivity index (χ1v) is 8.84. The molecule has 0 aliphatic rings. The molecule has 148 valence electrons. The van der Waals surface area contributed by atoms with E-state index in [4.69, 9.17) is 4.74 Å². The van der Waals surface area contributed by atoms with E-state index in [9.17, 15) is 14.7 Å². The number of urea groups is 1. The molecule has 0 radical (unpaired) electrons. The number of carbonyl (C=O) groups excluding carboxylic acids is 2. The van der Waals surface area contributed by atoms with Gasteiger partial charge in [-0.3, -0.25) is 4.79 Å². The van der Waals surface area contributed by atoms with Crippen molar-refractivity contribution in [3.05, 3.63) is 53.6 Å². The fourth-order valence-corrected chi connectivity index (χ4v) is 2.42. The van der Waals surface area contributed by atoms with Crippen LogP contribution in [0.25, 0.3) is 0 Å². The third-order valence-corrected chi connectivity index (χ3v) is 4.03. The van der Waals surface area contributed by atoms with Crippen LogP contribution in [-0.2, 0) is 0 Å². The fourth-order valence-electron chi connectivity index (χ4n) is 2.42. The van der Waals surface area contributed by atoms with Crippen molar-refractivity contribution in [2.24, 2.45) is 5.10 Å². The Bertz CT molecular complexity index is 846. The van der Waals surface area contributed by atoms with Gasteiger partial charge in [0.2, 0.25) is 0 Å². The summed E-state index contributed by atoms with van der Waals surface area (Å²) in [5, 5.41) is 16.2. The van der Waals surface area contributed by atoms with E-state index in [1.165, 1.54) is 19.4 Å². The average Bonchev–Trinajstić information content (AvgIpc) is 2.70. The van der Waals surface area contributed by atoms with Crippen LogP contribution in [0.5, 0.6) is 11.5 Å². The topological polar surface area (TPSA) is 103 Å².